The third-order valence-electron chi connectivity index (χ3n) is 1.31. The maximum absolute atomic E-state index is 9.64. The maximum atomic E-state index is 9.64. The zero-order valence-electron chi connectivity index (χ0n) is 8.53. The van der Waals surface area contributed by atoms with Crippen molar-refractivity contribution in [2.24, 2.45) is 0 Å². The van der Waals surface area contributed by atoms with Crippen molar-refractivity contribution in [2.45, 2.75) is 39.0 Å². The van der Waals surface area contributed by atoms with Crippen LogP contribution in [-0.2, 0) is 9.59 Å². The minimum Gasteiger partial charge on any atom is -0.481 e. The Morgan fingerprint density at radius 2 is 1.64 bits per heavy atom. The van der Waals surface area contributed by atoms with Gasteiger partial charge in [-0.2, -0.15) is 0 Å². The molecule has 0 amide bonds. The lowest BCUT2D eigenvalue weighted by molar-refractivity contribution is -0.143. The van der Waals surface area contributed by atoms with E-state index < -0.39 is 11.9 Å². The number of hydrogen-bond acceptors (Lipinski definition) is 2. The molecule has 0 radical (unpaired) electrons. The number of hydrogen-bond donors (Lipinski definition) is 2. The van der Waals surface area contributed by atoms with Gasteiger partial charge in [-0.05, 0) is 6.42 Å². The molecule has 2 N–H and O–H groups in total. The molecule has 0 heterocycles. The lowest BCUT2D eigenvalue weighted by Crippen LogP contribution is -2.00. The van der Waals surface area contributed by atoms with Crippen molar-refractivity contribution in [3.8, 4) is 0 Å². The maximum Gasteiger partial charge on any atom is 0.303 e. The predicted octanol–water partition coefficient (Wildman–Crippen LogP) is 2.30. The number of rotatable bonds is 6. The van der Waals surface area contributed by atoms with Gasteiger partial charge in [0.05, 0.1) is 12.8 Å². The van der Waals surface area contributed by atoms with Gasteiger partial charge in [-0.25, -0.2) is 0 Å². The number of unbranched alkanes of at least 4 members (excludes halogenated alkanes) is 2. The monoisotopic (exact) mass is 202 g/mol. The van der Waals surface area contributed by atoms with Crippen molar-refractivity contribution in [3.63, 3.8) is 0 Å². The number of aliphatic carboxylic acids is 2. The molecule has 0 aromatic rings. The Hall–Kier alpha value is -1.32. The number of carboxylic acids is 2. The van der Waals surface area contributed by atoms with Crippen LogP contribution in [0.3, 0.4) is 0 Å². The van der Waals surface area contributed by atoms with E-state index in [-0.39, 0.29) is 12.8 Å². The van der Waals surface area contributed by atoms with E-state index in [4.69, 9.17) is 10.2 Å². The van der Waals surface area contributed by atoms with Gasteiger partial charge in [-0.1, -0.05) is 25.8 Å². The van der Waals surface area contributed by atoms with Gasteiger partial charge in [-0.15, -0.1) is 6.58 Å². The van der Waals surface area contributed by atoms with Crippen molar-refractivity contribution in [1.29, 1.82) is 0 Å². The molecule has 0 atom stereocenters. The summed E-state index contributed by atoms with van der Waals surface area (Å²) >= 11 is 0. The second-order valence-electron chi connectivity index (χ2n) is 2.72. The fraction of sp³-hybridized carbons (Fsp3) is 0.600. The average Bonchev–Trinajstić information content (AvgIpc) is 2.12. The molecule has 0 aliphatic rings. The molecule has 0 unspecified atom stereocenters. The lowest BCUT2D eigenvalue weighted by Gasteiger charge is -1.85. The van der Waals surface area contributed by atoms with E-state index in [1.807, 2.05) is 6.08 Å². The summed E-state index contributed by atoms with van der Waals surface area (Å²) in [5, 5.41) is 15.8. The molecular formula is C10H18O4. The van der Waals surface area contributed by atoms with E-state index >= 15 is 0 Å². The molecule has 4 nitrogen and oxygen atoms in total. The summed E-state index contributed by atoms with van der Waals surface area (Å²) in [5.41, 5.74) is 0. The fourth-order valence-corrected chi connectivity index (χ4v) is 0.562. The first-order valence-electron chi connectivity index (χ1n) is 4.59. The van der Waals surface area contributed by atoms with E-state index in [1.165, 1.54) is 19.3 Å². The van der Waals surface area contributed by atoms with Gasteiger partial charge >= 0.3 is 11.9 Å². The quantitative estimate of drug-likeness (QED) is 0.512. The normalized spacial score (nSPS) is 8.36. The molecule has 0 saturated heterocycles. The average molecular weight is 202 g/mol. The van der Waals surface area contributed by atoms with Gasteiger partial charge in [0, 0.05) is 0 Å². The minimum atomic E-state index is -1.08. The molecule has 82 valence electrons. The van der Waals surface area contributed by atoms with Crippen molar-refractivity contribution < 1.29 is 19.8 Å². The molecule has 4 heteroatoms. The first kappa shape index (κ1) is 15.2. The molecule has 0 rings (SSSR count). The van der Waals surface area contributed by atoms with Crippen LogP contribution in [0.5, 0.6) is 0 Å². The highest BCUT2D eigenvalue weighted by atomic mass is 16.4. The second-order valence-corrected chi connectivity index (χ2v) is 2.72. The highest BCUT2D eigenvalue weighted by Crippen LogP contribution is 1.91. The SMILES string of the molecule is C=CCCCC.O=C(O)CCC(=O)O. The van der Waals surface area contributed by atoms with Crippen LogP contribution < -0.4 is 0 Å². The van der Waals surface area contributed by atoms with Crippen LogP contribution in [0.15, 0.2) is 12.7 Å². The van der Waals surface area contributed by atoms with Crippen molar-refractivity contribution >= 4 is 11.9 Å². The van der Waals surface area contributed by atoms with Gasteiger partial charge < -0.3 is 10.2 Å². The molecule has 0 spiro atoms. The summed E-state index contributed by atoms with van der Waals surface area (Å²) in [4.78, 5) is 19.3. The Morgan fingerprint density at radius 1 is 1.21 bits per heavy atom. The number of carboxylic acid groups (broad SMARTS) is 2. The van der Waals surface area contributed by atoms with E-state index in [2.05, 4.69) is 13.5 Å². The molecule has 0 aliphatic carbocycles. The van der Waals surface area contributed by atoms with Crippen LogP contribution in [0.2, 0.25) is 0 Å². The van der Waals surface area contributed by atoms with Crippen LogP contribution >= 0.6 is 0 Å². The van der Waals surface area contributed by atoms with Crippen LogP contribution in [0.25, 0.3) is 0 Å². The number of allylic oxidation sites excluding steroid dienone is 1. The summed E-state index contributed by atoms with van der Waals surface area (Å²) in [6.07, 6.45) is 5.13. The topological polar surface area (TPSA) is 74.6 Å². The summed E-state index contributed by atoms with van der Waals surface area (Å²) < 4.78 is 0. The summed E-state index contributed by atoms with van der Waals surface area (Å²) in [7, 11) is 0. The van der Waals surface area contributed by atoms with E-state index in [0.717, 1.165) is 0 Å². The van der Waals surface area contributed by atoms with E-state index in [0.29, 0.717) is 0 Å². The van der Waals surface area contributed by atoms with Crippen LogP contribution in [0.4, 0.5) is 0 Å². The second kappa shape index (κ2) is 11.7. The summed E-state index contributed by atoms with van der Waals surface area (Å²) in [6.45, 7) is 5.78. The lowest BCUT2D eigenvalue weighted by atomic mass is 10.3. The standard InChI is InChI=1S/C6H12.C4H6O4/c1-3-5-6-4-2;5-3(6)1-2-4(7)8/h3H,1,4-6H2,2H3;1-2H2,(H,5,6)(H,7,8). The van der Waals surface area contributed by atoms with Crippen molar-refractivity contribution in [1.82, 2.24) is 0 Å². The molecule has 0 saturated carbocycles. The third-order valence-corrected chi connectivity index (χ3v) is 1.31. The van der Waals surface area contributed by atoms with Crippen LogP contribution in [-0.4, -0.2) is 22.2 Å². The van der Waals surface area contributed by atoms with Crippen molar-refractivity contribution in [3.05, 3.63) is 12.7 Å². The van der Waals surface area contributed by atoms with E-state index in [9.17, 15) is 9.59 Å². The number of carbonyl (C=O) groups is 2. The molecule has 0 fully saturated rings. The zero-order chi connectivity index (χ0) is 11.4. The third kappa shape index (κ3) is 22.4. The Kier molecular flexibility index (Phi) is 12.7. The van der Waals surface area contributed by atoms with Gasteiger partial charge in [0.2, 0.25) is 0 Å². The first-order chi connectivity index (χ1) is 6.54. The Labute approximate surface area is 84.3 Å². The Bertz CT molecular complexity index is 161. The highest BCUT2D eigenvalue weighted by Gasteiger charge is 2.00. The predicted molar refractivity (Wildman–Crippen MR) is 54.2 cm³/mol. The molecular weight excluding hydrogens is 184 g/mol. The van der Waals surface area contributed by atoms with Crippen LogP contribution in [0.1, 0.15) is 39.0 Å². The van der Waals surface area contributed by atoms with Gasteiger partial charge in [0.15, 0.2) is 0 Å². The van der Waals surface area contributed by atoms with Crippen molar-refractivity contribution in [2.75, 3.05) is 0 Å². The first-order valence-corrected chi connectivity index (χ1v) is 4.59. The molecule has 0 aliphatic heterocycles. The summed E-state index contributed by atoms with van der Waals surface area (Å²) in [5.74, 6) is -2.15. The molecule has 0 aromatic heterocycles. The largest absolute Gasteiger partial charge is 0.481 e. The van der Waals surface area contributed by atoms with Crippen LogP contribution in [0, 0.1) is 0 Å². The van der Waals surface area contributed by atoms with Gasteiger partial charge in [0.1, 0.15) is 0 Å². The molecule has 0 aromatic carbocycles. The van der Waals surface area contributed by atoms with Gasteiger partial charge in [-0.3, -0.25) is 9.59 Å². The highest BCUT2D eigenvalue weighted by molar-refractivity contribution is 5.75. The minimum absolute atomic E-state index is 0.296. The Morgan fingerprint density at radius 3 is 1.79 bits per heavy atom. The zero-order valence-corrected chi connectivity index (χ0v) is 8.53. The Balaban J connectivity index is 0. The smallest absolute Gasteiger partial charge is 0.303 e. The van der Waals surface area contributed by atoms with Gasteiger partial charge in [0.25, 0.3) is 0 Å². The molecule has 14 heavy (non-hydrogen) atoms. The molecule has 0 bridgehead atoms. The summed E-state index contributed by atoms with van der Waals surface area (Å²) in [6, 6.07) is 0. The fourth-order valence-electron chi connectivity index (χ4n) is 0.562. The van der Waals surface area contributed by atoms with E-state index in [1.54, 1.807) is 0 Å².